The van der Waals surface area contributed by atoms with E-state index in [1.54, 1.807) is 23.6 Å². The monoisotopic (exact) mass is 410 g/mol. The molecule has 2 heterocycles. The molecule has 10 heteroatoms. The molecule has 0 aliphatic carbocycles. The van der Waals surface area contributed by atoms with E-state index >= 15 is 0 Å². The molecule has 0 unspecified atom stereocenters. The highest BCUT2D eigenvalue weighted by atomic mass is 35.5. The highest BCUT2D eigenvalue weighted by Crippen LogP contribution is 2.32. The number of rotatable bonds is 3. The summed E-state index contributed by atoms with van der Waals surface area (Å²) in [5, 5.41) is 5.53. The zero-order valence-corrected chi connectivity index (χ0v) is 15.9. The van der Waals surface area contributed by atoms with Crippen LogP contribution in [0, 0.1) is 0 Å². The molecule has 1 aromatic carbocycles. The van der Waals surface area contributed by atoms with Gasteiger partial charge in [0.15, 0.2) is 5.13 Å². The second-order valence-corrected chi connectivity index (χ2v) is 7.12. The second-order valence-electron chi connectivity index (χ2n) is 5.42. The summed E-state index contributed by atoms with van der Waals surface area (Å²) in [7, 11) is 2.77. The molecule has 7 nitrogen and oxygen atoms in total. The Bertz CT molecular complexity index is 1130. The van der Waals surface area contributed by atoms with Crippen molar-refractivity contribution in [2.45, 2.75) is 0 Å². The lowest BCUT2D eigenvalue weighted by atomic mass is 10.2. The molecule has 3 rings (SSSR count). The van der Waals surface area contributed by atoms with Crippen molar-refractivity contribution in [1.29, 1.82) is 0 Å². The number of thiazole rings is 1. The molecule has 0 aliphatic heterocycles. The van der Waals surface area contributed by atoms with Crippen molar-refractivity contribution in [3.05, 3.63) is 66.2 Å². The van der Waals surface area contributed by atoms with Crippen LogP contribution in [0.4, 0.5) is 5.13 Å². The number of halogens is 2. The van der Waals surface area contributed by atoms with Crippen LogP contribution in [0.25, 0.3) is 11.3 Å². The summed E-state index contributed by atoms with van der Waals surface area (Å²) in [5.74, 6) is -0.649. The molecule has 0 radical (unpaired) electrons. The molecule has 1 N–H and O–H groups in total. The maximum Gasteiger partial charge on any atom is 0.330 e. The maximum atomic E-state index is 12.4. The van der Waals surface area contributed by atoms with E-state index in [2.05, 4.69) is 10.3 Å². The lowest BCUT2D eigenvalue weighted by Gasteiger charge is -2.06. The van der Waals surface area contributed by atoms with Gasteiger partial charge in [0, 0.05) is 36.3 Å². The average molecular weight is 411 g/mol. The van der Waals surface area contributed by atoms with Gasteiger partial charge in [-0.1, -0.05) is 23.2 Å². The minimum atomic E-state index is -0.678. The van der Waals surface area contributed by atoms with Gasteiger partial charge < -0.3 is 4.57 Å². The third-order valence-electron chi connectivity index (χ3n) is 3.62. The minimum absolute atomic E-state index is 0.157. The fourth-order valence-corrected chi connectivity index (χ4v) is 3.49. The number of benzene rings is 1. The Morgan fingerprint density at radius 2 is 1.96 bits per heavy atom. The summed E-state index contributed by atoms with van der Waals surface area (Å²) < 4.78 is 2.03. The van der Waals surface area contributed by atoms with Crippen molar-refractivity contribution in [3.63, 3.8) is 0 Å². The first-order chi connectivity index (χ1) is 12.3. The van der Waals surface area contributed by atoms with Crippen molar-refractivity contribution < 1.29 is 4.79 Å². The van der Waals surface area contributed by atoms with Crippen LogP contribution in [0.15, 0.2) is 39.4 Å². The summed E-state index contributed by atoms with van der Waals surface area (Å²) in [6.45, 7) is 0. The first kappa shape index (κ1) is 18.4. The normalized spacial score (nSPS) is 10.8. The van der Waals surface area contributed by atoms with Crippen LogP contribution in [0.3, 0.4) is 0 Å². The summed E-state index contributed by atoms with van der Waals surface area (Å²) in [4.78, 5) is 40.5. The van der Waals surface area contributed by atoms with Gasteiger partial charge in [-0.25, -0.2) is 9.78 Å². The van der Waals surface area contributed by atoms with Crippen LogP contribution in [-0.2, 0) is 14.1 Å². The van der Waals surface area contributed by atoms with Gasteiger partial charge in [-0.05, 0) is 18.2 Å². The van der Waals surface area contributed by atoms with Crippen molar-refractivity contribution in [2.75, 3.05) is 5.32 Å². The van der Waals surface area contributed by atoms with Gasteiger partial charge in [-0.15, -0.1) is 11.3 Å². The topological polar surface area (TPSA) is 86.0 Å². The van der Waals surface area contributed by atoms with Crippen LogP contribution in [0.1, 0.15) is 10.4 Å². The van der Waals surface area contributed by atoms with Gasteiger partial charge >= 0.3 is 5.69 Å². The number of aryl methyl sites for hydroxylation is 1. The van der Waals surface area contributed by atoms with Gasteiger partial charge in [0.05, 0.1) is 10.7 Å². The Labute approximate surface area is 161 Å². The molecule has 134 valence electrons. The summed E-state index contributed by atoms with van der Waals surface area (Å²) in [6.07, 6.45) is 1.20. The van der Waals surface area contributed by atoms with Gasteiger partial charge in [-0.3, -0.25) is 19.5 Å². The van der Waals surface area contributed by atoms with Crippen LogP contribution in [0.2, 0.25) is 10.0 Å². The van der Waals surface area contributed by atoms with E-state index in [9.17, 15) is 14.4 Å². The van der Waals surface area contributed by atoms with Gasteiger partial charge in [0.1, 0.15) is 5.56 Å². The summed E-state index contributed by atoms with van der Waals surface area (Å²) >= 11 is 13.2. The average Bonchev–Trinajstić information content (AvgIpc) is 3.04. The van der Waals surface area contributed by atoms with Crippen LogP contribution in [0.5, 0.6) is 0 Å². The fourth-order valence-electron chi connectivity index (χ4n) is 2.28. The number of hydrogen-bond acceptors (Lipinski definition) is 5. The predicted octanol–water partition coefficient (Wildman–Crippen LogP) is 2.77. The van der Waals surface area contributed by atoms with Crippen molar-refractivity contribution in [2.24, 2.45) is 14.1 Å². The number of nitrogens with one attached hydrogen (secondary N) is 1. The van der Waals surface area contributed by atoms with E-state index in [1.165, 1.54) is 31.6 Å². The Morgan fingerprint density at radius 3 is 2.65 bits per heavy atom. The van der Waals surface area contributed by atoms with Gasteiger partial charge in [0.25, 0.3) is 11.5 Å². The molecule has 1 amide bonds. The molecule has 0 atom stereocenters. The van der Waals surface area contributed by atoms with Gasteiger partial charge in [-0.2, -0.15) is 0 Å². The zero-order valence-electron chi connectivity index (χ0n) is 13.6. The maximum absolute atomic E-state index is 12.4. The van der Waals surface area contributed by atoms with E-state index < -0.39 is 17.2 Å². The van der Waals surface area contributed by atoms with Crippen LogP contribution < -0.4 is 16.6 Å². The molecular weight excluding hydrogens is 399 g/mol. The van der Waals surface area contributed by atoms with E-state index in [0.29, 0.717) is 26.4 Å². The quantitative estimate of drug-likeness (QED) is 0.718. The zero-order chi connectivity index (χ0) is 19.0. The number of amides is 1. The highest BCUT2D eigenvalue weighted by Gasteiger charge is 2.17. The Balaban J connectivity index is 1.89. The standard InChI is InChI=1S/C16H12Cl2N4O3S/c1-21-6-10(14(24)22(2)16(21)25)13(23)20-15-19-12(7-26-15)9-4-3-8(17)5-11(9)18/h3-7H,1-2H3,(H,19,20,23). The van der Waals surface area contributed by atoms with Gasteiger partial charge in [0.2, 0.25) is 0 Å². The molecule has 0 bridgehead atoms. The SMILES string of the molecule is Cn1cc(C(=O)Nc2nc(-c3ccc(Cl)cc3Cl)cs2)c(=O)n(C)c1=O. The highest BCUT2D eigenvalue weighted by molar-refractivity contribution is 7.14. The second kappa shape index (κ2) is 7.06. The number of nitrogens with zero attached hydrogens (tertiary/aromatic N) is 3. The minimum Gasteiger partial charge on any atom is -0.303 e. The van der Waals surface area contributed by atoms with Crippen molar-refractivity contribution in [1.82, 2.24) is 14.1 Å². The Kier molecular flexibility index (Phi) is 4.99. The molecule has 0 fully saturated rings. The lowest BCUT2D eigenvalue weighted by Crippen LogP contribution is -2.40. The number of carbonyl (C=O) groups excluding carboxylic acids is 1. The third-order valence-corrected chi connectivity index (χ3v) is 4.93. The number of hydrogen-bond donors (Lipinski definition) is 1. The first-order valence-corrected chi connectivity index (χ1v) is 8.90. The Morgan fingerprint density at radius 1 is 1.23 bits per heavy atom. The molecule has 0 saturated heterocycles. The molecule has 0 spiro atoms. The number of carbonyl (C=O) groups is 1. The largest absolute Gasteiger partial charge is 0.330 e. The first-order valence-electron chi connectivity index (χ1n) is 7.27. The van der Waals surface area contributed by atoms with Crippen molar-refractivity contribution in [3.8, 4) is 11.3 Å². The Hall–Kier alpha value is -2.42. The van der Waals surface area contributed by atoms with E-state index in [4.69, 9.17) is 23.2 Å². The number of anilines is 1. The van der Waals surface area contributed by atoms with Crippen LogP contribution >= 0.6 is 34.5 Å². The van der Waals surface area contributed by atoms with E-state index in [-0.39, 0.29) is 5.56 Å². The summed E-state index contributed by atoms with van der Waals surface area (Å²) in [5.41, 5.74) is -0.106. The molecule has 26 heavy (non-hydrogen) atoms. The smallest absolute Gasteiger partial charge is 0.303 e. The third kappa shape index (κ3) is 3.44. The van der Waals surface area contributed by atoms with E-state index in [0.717, 1.165) is 9.13 Å². The molecular formula is C16H12Cl2N4O3S. The molecule has 0 aliphatic rings. The summed E-state index contributed by atoms with van der Waals surface area (Å²) in [6, 6.07) is 5.02. The molecule has 3 aromatic rings. The number of aromatic nitrogens is 3. The van der Waals surface area contributed by atoms with Crippen molar-refractivity contribution >= 4 is 45.6 Å². The van der Waals surface area contributed by atoms with Crippen LogP contribution in [-0.4, -0.2) is 20.0 Å². The van der Waals surface area contributed by atoms with E-state index in [1.807, 2.05) is 0 Å². The predicted molar refractivity (Wildman–Crippen MR) is 102 cm³/mol. The lowest BCUT2D eigenvalue weighted by molar-refractivity contribution is 0.102. The molecule has 0 saturated carbocycles. The molecule has 2 aromatic heterocycles. The fraction of sp³-hybridized carbons (Fsp3) is 0.125.